The van der Waals surface area contributed by atoms with E-state index >= 15 is 0 Å². The van der Waals surface area contributed by atoms with Crippen LogP contribution in [0.1, 0.15) is 31.7 Å². The highest BCUT2D eigenvalue weighted by Gasteiger charge is 2.15. The van der Waals surface area contributed by atoms with Crippen LogP contribution in [0.25, 0.3) is 0 Å². The van der Waals surface area contributed by atoms with Crippen LogP contribution >= 0.6 is 24.2 Å². The molecular formula is C16H25ClN2OS. The lowest BCUT2D eigenvalue weighted by Crippen LogP contribution is -2.35. The van der Waals surface area contributed by atoms with Gasteiger partial charge in [0.25, 0.3) is 0 Å². The highest BCUT2D eigenvalue weighted by molar-refractivity contribution is 8.00. The van der Waals surface area contributed by atoms with E-state index in [9.17, 15) is 4.79 Å². The SMILES string of the molecule is CC(C)c1ccc(SCC(=O)N2CCCNCC2)cc1.Cl. The molecule has 3 nitrogen and oxygen atoms in total. The average molecular weight is 329 g/mol. The van der Waals surface area contributed by atoms with E-state index < -0.39 is 0 Å². The van der Waals surface area contributed by atoms with Crippen LogP contribution in [0, 0.1) is 0 Å². The fourth-order valence-corrected chi connectivity index (χ4v) is 3.08. The second kappa shape index (κ2) is 9.34. The van der Waals surface area contributed by atoms with Crippen LogP contribution in [0.15, 0.2) is 29.2 Å². The third-order valence-electron chi connectivity index (χ3n) is 3.60. The van der Waals surface area contributed by atoms with Gasteiger partial charge in [-0.25, -0.2) is 0 Å². The molecule has 21 heavy (non-hydrogen) atoms. The zero-order valence-corrected chi connectivity index (χ0v) is 14.4. The molecule has 0 aromatic heterocycles. The molecule has 0 saturated carbocycles. The Kier molecular flexibility index (Phi) is 8.15. The molecule has 0 atom stereocenters. The van der Waals surface area contributed by atoms with Crippen LogP contribution in [0.5, 0.6) is 0 Å². The summed E-state index contributed by atoms with van der Waals surface area (Å²) >= 11 is 1.64. The predicted molar refractivity (Wildman–Crippen MR) is 92.6 cm³/mol. The molecule has 1 saturated heterocycles. The van der Waals surface area contributed by atoms with E-state index in [2.05, 4.69) is 43.4 Å². The van der Waals surface area contributed by atoms with E-state index in [1.54, 1.807) is 11.8 Å². The molecule has 0 aliphatic carbocycles. The maximum Gasteiger partial charge on any atom is 0.232 e. The highest BCUT2D eigenvalue weighted by Crippen LogP contribution is 2.22. The normalized spacial score (nSPS) is 15.5. The summed E-state index contributed by atoms with van der Waals surface area (Å²) in [5.41, 5.74) is 1.35. The van der Waals surface area contributed by atoms with Crippen molar-refractivity contribution < 1.29 is 4.79 Å². The van der Waals surface area contributed by atoms with Crippen molar-refractivity contribution in [3.63, 3.8) is 0 Å². The molecule has 0 unspecified atom stereocenters. The highest BCUT2D eigenvalue weighted by atomic mass is 35.5. The molecule has 1 heterocycles. The van der Waals surface area contributed by atoms with Gasteiger partial charge in [0.1, 0.15) is 0 Å². The summed E-state index contributed by atoms with van der Waals surface area (Å²) in [6.45, 7) is 8.05. The summed E-state index contributed by atoms with van der Waals surface area (Å²) in [5, 5.41) is 3.32. The number of nitrogens with one attached hydrogen (secondary N) is 1. The van der Waals surface area contributed by atoms with Gasteiger partial charge >= 0.3 is 0 Å². The Morgan fingerprint density at radius 2 is 1.95 bits per heavy atom. The first-order valence-corrected chi connectivity index (χ1v) is 8.36. The zero-order valence-electron chi connectivity index (χ0n) is 12.8. The molecule has 1 aromatic carbocycles. The molecule has 2 rings (SSSR count). The Bertz CT molecular complexity index is 428. The second-order valence-corrected chi connectivity index (χ2v) is 6.55. The topological polar surface area (TPSA) is 32.3 Å². The first-order chi connectivity index (χ1) is 9.66. The van der Waals surface area contributed by atoms with E-state index in [-0.39, 0.29) is 18.3 Å². The average Bonchev–Trinajstić information content (AvgIpc) is 2.74. The van der Waals surface area contributed by atoms with Gasteiger partial charge in [0.05, 0.1) is 5.75 Å². The smallest absolute Gasteiger partial charge is 0.232 e. The van der Waals surface area contributed by atoms with Crippen LogP contribution in [0.2, 0.25) is 0 Å². The molecule has 1 amide bonds. The van der Waals surface area contributed by atoms with Crippen molar-refractivity contribution in [1.29, 1.82) is 0 Å². The number of amides is 1. The molecule has 0 bridgehead atoms. The predicted octanol–water partition coefficient (Wildman–Crippen LogP) is 3.15. The minimum Gasteiger partial charge on any atom is -0.341 e. The van der Waals surface area contributed by atoms with Gasteiger partial charge in [-0.05, 0) is 36.6 Å². The number of rotatable bonds is 4. The van der Waals surface area contributed by atoms with Crippen molar-refractivity contribution >= 4 is 30.1 Å². The number of carbonyl (C=O) groups is 1. The van der Waals surface area contributed by atoms with Gasteiger partial charge in [-0.3, -0.25) is 4.79 Å². The van der Waals surface area contributed by atoms with Crippen LogP contribution in [-0.2, 0) is 4.79 Å². The van der Waals surface area contributed by atoms with Gasteiger partial charge < -0.3 is 10.2 Å². The fraction of sp³-hybridized carbons (Fsp3) is 0.562. The third-order valence-corrected chi connectivity index (χ3v) is 4.60. The molecule has 1 aliphatic heterocycles. The van der Waals surface area contributed by atoms with Crippen LogP contribution in [-0.4, -0.2) is 42.7 Å². The lowest BCUT2D eigenvalue weighted by molar-refractivity contribution is -0.128. The summed E-state index contributed by atoms with van der Waals surface area (Å²) in [4.78, 5) is 15.3. The summed E-state index contributed by atoms with van der Waals surface area (Å²) in [5.74, 6) is 1.35. The lowest BCUT2D eigenvalue weighted by Gasteiger charge is -2.19. The van der Waals surface area contributed by atoms with Crippen LogP contribution in [0.4, 0.5) is 0 Å². The molecule has 5 heteroatoms. The number of carbonyl (C=O) groups excluding carboxylic acids is 1. The van der Waals surface area contributed by atoms with E-state index in [4.69, 9.17) is 0 Å². The molecule has 118 valence electrons. The summed E-state index contributed by atoms with van der Waals surface area (Å²) in [6, 6.07) is 8.56. The number of benzene rings is 1. The van der Waals surface area contributed by atoms with Crippen LogP contribution < -0.4 is 5.32 Å². The number of hydrogen-bond acceptors (Lipinski definition) is 3. The summed E-state index contributed by atoms with van der Waals surface area (Å²) in [7, 11) is 0. The van der Waals surface area contributed by atoms with Gasteiger partial charge in [-0.2, -0.15) is 0 Å². The van der Waals surface area contributed by atoms with E-state index in [0.29, 0.717) is 11.7 Å². The van der Waals surface area contributed by atoms with Crippen LogP contribution in [0.3, 0.4) is 0 Å². The third kappa shape index (κ3) is 5.89. The monoisotopic (exact) mass is 328 g/mol. The molecule has 1 aromatic rings. The van der Waals surface area contributed by atoms with E-state index in [0.717, 1.165) is 32.6 Å². The zero-order chi connectivity index (χ0) is 14.4. The maximum absolute atomic E-state index is 12.2. The van der Waals surface area contributed by atoms with Crippen molar-refractivity contribution in [2.24, 2.45) is 0 Å². The molecule has 1 fully saturated rings. The number of hydrogen-bond donors (Lipinski definition) is 1. The minimum absolute atomic E-state index is 0. The molecular weight excluding hydrogens is 304 g/mol. The van der Waals surface area contributed by atoms with Gasteiger partial charge in [0, 0.05) is 24.5 Å². The van der Waals surface area contributed by atoms with Gasteiger partial charge in [0.2, 0.25) is 5.91 Å². The Hall–Kier alpha value is -0.710. The van der Waals surface area contributed by atoms with Crippen molar-refractivity contribution in [3.05, 3.63) is 29.8 Å². The standard InChI is InChI=1S/C16H24N2OS.ClH/c1-13(2)14-4-6-15(7-5-14)20-12-16(19)18-10-3-8-17-9-11-18;/h4-7,13,17H,3,8-12H2,1-2H3;1H. The quantitative estimate of drug-likeness (QED) is 0.862. The minimum atomic E-state index is 0. The van der Waals surface area contributed by atoms with E-state index in [1.165, 1.54) is 10.5 Å². The van der Waals surface area contributed by atoms with E-state index in [1.807, 2.05) is 4.90 Å². The Morgan fingerprint density at radius 1 is 1.24 bits per heavy atom. The molecule has 0 spiro atoms. The summed E-state index contributed by atoms with van der Waals surface area (Å²) in [6.07, 6.45) is 1.06. The Labute approximate surface area is 138 Å². The van der Waals surface area contributed by atoms with Gasteiger partial charge in [-0.15, -0.1) is 24.2 Å². The van der Waals surface area contributed by atoms with Gasteiger partial charge in [-0.1, -0.05) is 26.0 Å². The van der Waals surface area contributed by atoms with Crippen molar-refractivity contribution in [1.82, 2.24) is 10.2 Å². The van der Waals surface area contributed by atoms with Crippen molar-refractivity contribution in [2.75, 3.05) is 31.9 Å². The largest absolute Gasteiger partial charge is 0.341 e. The number of nitrogens with zero attached hydrogens (tertiary/aromatic N) is 1. The molecule has 1 aliphatic rings. The first-order valence-electron chi connectivity index (χ1n) is 7.38. The molecule has 1 N–H and O–H groups in total. The summed E-state index contributed by atoms with van der Waals surface area (Å²) < 4.78 is 0. The van der Waals surface area contributed by atoms with Gasteiger partial charge in [0.15, 0.2) is 0 Å². The Balaban J connectivity index is 0.00000220. The van der Waals surface area contributed by atoms with Crippen molar-refractivity contribution in [3.8, 4) is 0 Å². The molecule has 0 radical (unpaired) electrons. The maximum atomic E-state index is 12.2. The number of halogens is 1. The lowest BCUT2D eigenvalue weighted by atomic mass is 10.0. The van der Waals surface area contributed by atoms with Crippen molar-refractivity contribution in [2.45, 2.75) is 31.1 Å². The number of thioether (sulfide) groups is 1. The second-order valence-electron chi connectivity index (χ2n) is 5.50. The first kappa shape index (κ1) is 18.3. The Morgan fingerprint density at radius 3 is 2.62 bits per heavy atom. The fourth-order valence-electron chi connectivity index (χ4n) is 2.28.